The molecule has 1 atom stereocenters. The Morgan fingerprint density at radius 1 is 1.26 bits per heavy atom. The summed E-state index contributed by atoms with van der Waals surface area (Å²) in [4.78, 5) is 5.24. The minimum Gasteiger partial charge on any atom is -0.388 e. The Labute approximate surface area is 118 Å². The minimum absolute atomic E-state index is 0.416. The lowest BCUT2D eigenvalue weighted by Gasteiger charge is -2.12. The van der Waals surface area contributed by atoms with E-state index in [2.05, 4.69) is 31.0 Å². The van der Waals surface area contributed by atoms with E-state index in [1.165, 1.54) is 4.90 Å². The second-order valence-corrected chi connectivity index (χ2v) is 6.49. The first kappa shape index (κ1) is 14.2. The Balaban J connectivity index is 1.90. The lowest BCUT2D eigenvalue weighted by atomic mass is 10.1. The van der Waals surface area contributed by atoms with Crippen LogP contribution in [0.2, 0.25) is 0 Å². The highest BCUT2D eigenvalue weighted by Gasteiger charge is 2.08. The predicted octanol–water partition coefficient (Wildman–Crippen LogP) is 3.51. The summed E-state index contributed by atoms with van der Waals surface area (Å²) in [6.07, 6.45) is 5.72. The highest BCUT2D eigenvalue weighted by Crippen LogP contribution is 2.25. The van der Waals surface area contributed by atoms with Gasteiger partial charge in [-0.3, -0.25) is 0 Å². The van der Waals surface area contributed by atoms with Crippen LogP contribution in [-0.4, -0.2) is 19.9 Å². The first-order valence-electron chi connectivity index (χ1n) is 6.55. The molecule has 0 saturated carbocycles. The van der Waals surface area contributed by atoms with Gasteiger partial charge >= 0.3 is 0 Å². The van der Waals surface area contributed by atoms with Crippen molar-refractivity contribution in [3.8, 4) is 0 Å². The monoisotopic (exact) mass is 276 g/mol. The maximum Gasteiger partial charge on any atom is 0.0945 e. The van der Waals surface area contributed by atoms with E-state index in [-0.39, 0.29) is 0 Å². The largest absolute Gasteiger partial charge is 0.388 e. The van der Waals surface area contributed by atoms with Crippen LogP contribution in [0.4, 0.5) is 0 Å². The molecule has 4 heteroatoms. The molecule has 0 aliphatic heterocycles. The van der Waals surface area contributed by atoms with E-state index in [0.29, 0.717) is 11.7 Å². The topological polar surface area (TPSA) is 38.0 Å². The van der Waals surface area contributed by atoms with Crippen molar-refractivity contribution in [2.75, 3.05) is 0 Å². The molecule has 1 heterocycles. The summed E-state index contributed by atoms with van der Waals surface area (Å²) >= 11 is 1.84. The number of hydrogen-bond donors (Lipinski definition) is 1. The Kier molecular flexibility index (Phi) is 5.05. The number of hydrogen-bond acceptors (Lipinski definition) is 3. The van der Waals surface area contributed by atoms with Gasteiger partial charge in [0.25, 0.3) is 0 Å². The first-order valence-corrected chi connectivity index (χ1v) is 7.43. The van der Waals surface area contributed by atoms with E-state index >= 15 is 0 Å². The summed E-state index contributed by atoms with van der Waals surface area (Å²) in [7, 11) is 0. The number of nitrogens with zero attached hydrogens (tertiary/aromatic N) is 2. The molecule has 0 fully saturated rings. The van der Waals surface area contributed by atoms with Gasteiger partial charge in [-0.1, -0.05) is 26.0 Å². The van der Waals surface area contributed by atoms with Gasteiger partial charge < -0.3 is 9.67 Å². The molecule has 2 rings (SSSR count). The highest BCUT2D eigenvalue weighted by atomic mass is 32.2. The molecule has 1 aromatic heterocycles. The molecule has 0 spiro atoms. The molecule has 0 bridgehead atoms. The van der Waals surface area contributed by atoms with Crippen LogP contribution in [0, 0.1) is 0 Å². The van der Waals surface area contributed by atoms with E-state index in [0.717, 1.165) is 12.1 Å². The van der Waals surface area contributed by atoms with Crippen LogP contribution in [0.1, 0.15) is 31.9 Å². The maximum absolute atomic E-state index is 10.2. The van der Waals surface area contributed by atoms with E-state index in [4.69, 9.17) is 0 Å². The van der Waals surface area contributed by atoms with Crippen LogP contribution in [0.3, 0.4) is 0 Å². The number of aromatic nitrogens is 2. The van der Waals surface area contributed by atoms with Crippen molar-refractivity contribution in [1.82, 2.24) is 9.55 Å². The normalized spacial score (nSPS) is 12.8. The van der Waals surface area contributed by atoms with Crippen molar-refractivity contribution in [3.63, 3.8) is 0 Å². The number of aryl methyl sites for hydroxylation is 1. The van der Waals surface area contributed by atoms with Gasteiger partial charge in [-0.2, -0.15) is 0 Å². The Morgan fingerprint density at radius 3 is 2.58 bits per heavy atom. The zero-order valence-electron chi connectivity index (χ0n) is 11.4. The maximum atomic E-state index is 10.2. The van der Waals surface area contributed by atoms with Crippen molar-refractivity contribution < 1.29 is 5.11 Å². The Morgan fingerprint density at radius 2 is 2.00 bits per heavy atom. The van der Waals surface area contributed by atoms with Crippen molar-refractivity contribution in [3.05, 3.63) is 48.5 Å². The third-order valence-electron chi connectivity index (χ3n) is 2.86. The molecule has 2 aromatic rings. The number of imidazole rings is 1. The van der Waals surface area contributed by atoms with Crippen LogP contribution in [0.5, 0.6) is 0 Å². The summed E-state index contributed by atoms with van der Waals surface area (Å²) in [5.41, 5.74) is 0.980. The van der Waals surface area contributed by atoms with Gasteiger partial charge in [0.15, 0.2) is 0 Å². The summed E-state index contributed by atoms with van der Waals surface area (Å²) in [5.74, 6) is 0. The Bertz CT molecular complexity index is 479. The number of aliphatic hydroxyl groups is 1. The third kappa shape index (κ3) is 4.40. The number of thioether (sulfide) groups is 1. The SMILES string of the molecule is CC(C)Sc1ccc(C(O)CCn2ccnc2)cc1. The molecular weight excluding hydrogens is 256 g/mol. The minimum atomic E-state index is -0.416. The fourth-order valence-corrected chi connectivity index (χ4v) is 2.74. The first-order chi connectivity index (χ1) is 9.15. The fourth-order valence-electron chi connectivity index (χ4n) is 1.90. The zero-order chi connectivity index (χ0) is 13.7. The Hall–Kier alpha value is -1.26. The van der Waals surface area contributed by atoms with Gasteiger partial charge in [0.2, 0.25) is 0 Å². The summed E-state index contributed by atoms with van der Waals surface area (Å²) < 4.78 is 1.98. The van der Waals surface area contributed by atoms with E-state index < -0.39 is 6.10 Å². The second-order valence-electron chi connectivity index (χ2n) is 4.84. The van der Waals surface area contributed by atoms with Gasteiger partial charge in [-0.05, 0) is 24.1 Å². The van der Waals surface area contributed by atoms with Crippen LogP contribution >= 0.6 is 11.8 Å². The summed E-state index contributed by atoms with van der Waals surface area (Å²) in [5, 5.41) is 10.7. The van der Waals surface area contributed by atoms with Crippen molar-refractivity contribution in [1.29, 1.82) is 0 Å². The third-order valence-corrected chi connectivity index (χ3v) is 3.87. The lowest BCUT2D eigenvalue weighted by molar-refractivity contribution is 0.161. The molecule has 0 amide bonds. The molecule has 1 N–H and O–H groups in total. The fraction of sp³-hybridized carbons (Fsp3) is 0.400. The molecule has 0 saturated heterocycles. The molecule has 19 heavy (non-hydrogen) atoms. The number of benzene rings is 1. The van der Waals surface area contributed by atoms with Gasteiger partial charge in [-0.25, -0.2) is 4.98 Å². The molecule has 0 radical (unpaired) electrons. The van der Waals surface area contributed by atoms with E-state index in [1.54, 1.807) is 12.5 Å². The zero-order valence-corrected chi connectivity index (χ0v) is 12.2. The standard InChI is InChI=1S/C15H20N2OS/c1-12(2)19-14-5-3-13(4-6-14)15(18)7-9-17-10-8-16-11-17/h3-6,8,10-12,15,18H,7,9H2,1-2H3. The molecule has 102 valence electrons. The molecule has 1 unspecified atom stereocenters. The summed E-state index contributed by atoms with van der Waals surface area (Å²) in [6, 6.07) is 8.20. The van der Waals surface area contributed by atoms with Crippen LogP contribution in [0.25, 0.3) is 0 Å². The van der Waals surface area contributed by atoms with Gasteiger partial charge in [0.1, 0.15) is 0 Å². The van der Waals surface area contributed by atoms with Crippen molar-refractivity contribution >= 4 is 11.8 Å². The average Bonchev–Trinajstić information content (AvgIpc) is 2.89. The molecule has 3 nitrogen and oxygen atoms in total. The van der Waals surface area contributed by atoms with E-state index in [1.807, 2.05) is 34.7 Å². The molecular formula is C15H20N2OS. The van der Waals surface area contributed by atoms with Crippen LogP contribution < -0.4 is 0 Å². The second kappa shape index (κ2) is 6.78. The number of aliphatic hydroxyl groups excluding tert-OH is 1. The molecule has 1 aromatic carbocycles. The predicted molar refractivity (Wildman–Crippen MR) is 79.2 cm³/mol. The van der Waals surface area contributed by atoms with E-state index in [9.17, 15) is 5.11 Å². The summed E-state index contributed by atoms with van der Waals surface area (Å²) in [6.45, 7) is 5.14. The van der Waals surface area contributed by atoms with Crippen molar-refractivity contribution in [2.24, 2.45) is 0 Å². The smallest absolute Gasteiger partial charge is 0.0945 e. The average molecular weight is 276 g/mol. The molecule has 0 aliphatic rings. The van der Waals surface area contributed by atoms with Crippen molar-refractivity contribution in [2.45, 2.75) is 43.1 Å². The number of rotatable bonds is 6. The van der Waals surface area contributed by atoms with Gasteiger partial charge in [0, 0.05) is 29.1 Å². The lowest BCUT2D eigenvalue weighted by Crippen LogP contribution is -2.03. The van der Waals surface area contributed by atoms with Crippen LogP contribution in [0.15, 0.2) is 47.9 Å². The quantitative estimate of drug-likeness (QED) is 0.821. The molecule has 0 aliphatic carbocycles. The highest BCUT2D eigenvalue weighted by molar-refractivity contribution is 7.99. The van der Waals surface area contributed by atoms with Gasteiger partial charge in [0.05, 0.1) is 12.4 Å². The van der Waals surface area contributed by atoms with Crippen LogP contribution in [-0.2, 0) is 6.54 Å². The van der Waals surface area contributed by atoms with Gasteiger partial charge in [-0.15, -0.1) is 11.8 Å².